The number of hydrogen-bond acceptors (Lipinski definition) is 7. The lowest BCUT2D eigenvalue weighted by atomic mass is 10.1. The molecule has 0 aromatic heterocycles. The minimum absolute atomic E-state index is 0.126. The zero-order valence-corrected chi connectivity index (χ0v) is 16.2. The molecule has 7 nitrogen and oxygen atoms in total. The molecule has 0 radical (unpaired) electrons. The quantitative estimate of drug-likeness (QED) is 0.189. The first-order chi connectivity index (χ1) is 12.4. The Bertz CT molecular complexity index is 432. The molecule has 0 aliphatic carbocycles. The second kappa shape index (κ2) is 15.4. The maximum Gasteiger partial charge on any atom is 0.330 e. The Morgan fingerprint density at radius 2 is 1.65 bits per heavy atom. The summed E-state index contributed by atoms with van der Waals surface area (Å²) < 4.78 is 20.4. The van der Waals surface area contributed by atoms with E-state index in [0.717, 1.165) is 25.3 Å². The topological polar surface area (TPSA) is 88.1 Å². The molecule has 0 N–H and O–H groups in total. The summed E-state index contributed by atoms with van der Waals surface area (Å²) in [6.07, 6.45) is 4.00. The average molecular weight is 372 g/mol. The van der Waals surface area contributed by atoms with Crippen molar-refractivity contribution in [2.75, 3.05) is 20.3 Å². The van der Waals surface area contributed by atoms with Crippen LogP contribution in [-0.4, -0.2) is 50.4 Å². The Labute approximate surface area is 156 Å². The number of rotatable bonds is 15. The van der Waals surface area contributed by atoms with Gasteiger partial charge in [-0.15, -0.1) is 0 Å². The first-order valence-corrected chi connectivity index (χ1v) is 9.06. The van der Waals surface area contributed by atoms with Gasteiger partial charge >= 0.3 is 17.9 Å². The Morgan fingerprint density at radius 3 is 2.27 bits per heavy atom. The van der Waals surface area contributed by atoms with E-state index in [4.69, 9.17) is 18.9 Å². The highest BCUT2D eigenvalue weighted by molar-refractivity contribution is 5.81. The summed E-state index contributed by atoms with van der Waals surface area (Å²) in [7, 11) is 1.65. The number of carbonyl (C=O) groups is 3. The first-order valence-electron chi connectivity index (χ1n) is 9.06. The van der Waals surface area contributed by atoms with Gasteiger partial charge in [-0.2, -0.15) is 0 Å². The van der Waals surface area contributed by atoms with Gasteiger partial charge in [0.15, 0.2) is 0 Å². The number of ether oxygens (including phenoxy) is 4. The van der Waals surface area contributed by atoms with Crippen LogP contribution in [0, 0.1) is 0 Å². The number of esters is 3. The fourth-order valence-corrected chi connectivity index (χ4v) is 2.14. The van der Waals surface area contributed by atoms with Crippen molar-refractivity contribution in [3.63, 3.8) is 0 Å². The Kier molecular flexibility index (Phi) is 14.3. The molecular formula is C19H32O7. The monoisotopic (exact) mass is 372 g/mol. The molecule has 0 aromatic carbocycles. The summed E-state index contributed by atoms with van der Waals surface area (Å²) in [5.41, 5.74) is 0. The number of methoxy groups -OCH3 is 1. The van der Waals surface area contributed by atoms with Crippen LogP contribution < -0.4 is 0 Å². The minimum atomic E-state index is -0.573. The molecule has 0 aromatic rings. The summed E-state index contributed by atoms with van der Waals surface area (Å²) in [5, 5.41) is 0. The van der Waals surface area contributed by atoms with Crippen LogP contribution in [0.4, 0.5) is 0 Å². The molecule has 1 unspecified atom stereocenters. The molecular weight excluding hydrogens is 340 g/mol. The van der Waals surface area contributed by atoms with Crippen LogP contribution in [0.5, 0.6) is 0 Å². The molecule has 0 fully saturated rings. The lowest BCUT2D eigenvalue weighted by molar-refractivity contribution is -0.152. The third kappa shape index (κ3) is 14.5. The predicted molar refractivity (Wildman–Crippen MR) is 96.5 cm³/mol. The lowest BCUT2D eigenvalue weighted by Crippen LogP contribution is -2.22. The van der Waals surface area contributed by atoms with E-state index in [9.17, 15) is 14.4 Å². The van der Waals surface area contributed by atoms with Crippen molar-refractivity contribution in [1.82, 2.24) is 0 Å². The van der Waals surface area contributed by atoms with Crippen molar-refractivity contribution in [2.45, 2.75) is 71.0 Å². The van der Waals surface area contributed by atoms with Gasteiger partial charge in [-0.1, -0.05) is 13.0 Å². The van der Waals surface area contributed by atoms with Gasteiger partial charge in [-0.05, 0) is 33.1 Å². The molecule has 0 aliphatic heterocycles. The van der Waals surface area contributed by atoms with Crippen molar-refractivity contribution >= 4 is 17.9 Å². The van der Waals surface area contributed by atoms with Crippen molar-refractivity contribution in [1.29, 1.82) is 0 Å². The molecule has 0 rings (SSSR count). The van der Waals surface area contributed by atoms with Gasteiger partial charge in [0.05, 0.1) is 12.7 Å². The molecule has 0 aliphatic rings. The average Bonchev–Trinajstić information content (AvgIpc) is 2.58. The van der Waals surface area contributed by atoms with E-state index in [1.165, 1.54) is 0 Å². The van der Waals surface area contributed by atoms with E-state index < -0.39 is 12.1 Å². The normalized spacial score (nSPS) is 11.7. The summed E-state index contributed by atoms with van der Waals surface area (Å²) in [4.78, 5) is 34.7. The summed E-state index contributed by atoms with van der Waals surface area (Å²) >= 11 is 0. The fraction of sp³-hybridized carbons (Fsp3) is 0.737. The second-order valence-corrected chi connectivity index (χ2v) is 6.15. The van der Waals surface area contributed by atoms with E-state index in [1.807, 2.05) is 0 Å². The van der Waals surface area contributed by atoms with Crippen LogP contribution in [0.2, 0.25) is 0 Å². The van der Waals surface area contributed by atoms with Crippen LogP contribution in [0.15, 0.2) is 12.7 Å². The van der Waals surface area contributed by atoms with E-state index in [-0.39, 0.29) is 31.1 Å². The number of carbonyl (C=O) groups excluding carboxylic acids is 3. The van der Waals surface area contributed by atoms with Gasteiger partial charge < -0.3 is 18.9 Å². The largest absolute Gasteiger partial charge is 0.466 e. The van der Waals surface area contributed by atoms with Gasteiger partial charge in [-0.3, -0.25) is 9.59 Å². The molecule has 0 saturated carbocycles. The van der Waals surface area contributed by atoms with Crippen LogP contribution in [0.25, 0.3) is 0 Å². The van der Waals surface area contributed by atoms with Gasteiger partial charge in [0.25, 0.3) is 0 Å². The molecule has 0 bridgehead atoms. The third-order valence-electron chi connectivity index (χ3n) is 3.42. The molecule has 0 spiro atoms. The highest BCUT2D eigenvalue weighted by Crippen LogP contribution is 2.11. The summed E-state index contributed by atoms with van der Waals surface area (Å²) in [6, 6.07) is 0. The Morgan fingerprint density at radius 1 is 0.923 bits per heavy atom. The van der Waals surface area contributed by atoms with Crippen LogP contribution >= 0.6 is 0 Å². The van der Waals surface area contributed by atoms with Gasteiger partial charge in [0.2, 0.25) is 0 Å². The van der Waals surface area contributed by atoms with Gasteiger partial charge in [0.1, 0.15) is 6.10 Å². The van der Waals surface area contributed by atoms with Crippen molar-refractivity contribution in [3.05, 3.63) is 12.7 Å². The van der Waals surface area contributed by atoms with E-state index >= 15 is 0 Å². The van der Waals surface area contributed by atoms with E-state index in [2.05, 4.69) is 6.58 Å². The van der Waals surface area contributed by atoms with Crippen molar-refractivity contribution < 1.29 is 33.3 Å². The molecule has 1 atom stereocenters. The van der Waals surface area contributed by atoms with Gasteiger partial charge in [0, 0.05) is 39.1 Å². The lowest BCUT2D eigenvalue weighted by Gasteiger charge is -2.17. The number of unbranched alkanes of at least 4 members (excludes halogenated alkanes) is 2. The predicted octanol–water partition coefficient (Wildman–Crippen LogP) is 2.96. The third-order valence-corrected chi connectivity index (χ3v) is 3.42. The molecule has 0 heterocycles. The minimum Gasteiger partial charge on any atom is -0.466 e. The second-order valence-electron chi connectivity index (χ2n) is 6.15. The van der Waals surface area contributed by atoms with Crippen molar-refractivity contribution in [3.8, 4) is 0 Å². The zero-order chi connectivity index (χ0) is 19.8. The smallest absolute Gasteiger partial charge is 0.330 e. The fourth-order valence-electron chi connectivity index (χ4n) is 2.14. The summed E-state index contributed by atoms with van der Waals surface area (Å²) in [5.74, 6) is -1.21. The van der Waals surface area contributed by atoms with Gasteiger partial charge in [-0.25, -0.2) is 4.79 Å². The maximum absolute atomic E-state index is 11.7. The van der Waals surface area contributed by atoms with E-state index in [0.29, 0.717) is 25.9 Å². The SMILES string of the molecule is C=CC(=O)OC(CCOC(=O)CCCCCOC)CCC(=O)OC(C)C. The maximum atomic E-state index is 11.7. The number of hydrogen-bond donors (Lipinski definition) is 0. The van der Waals surface area contributed by atoms with E-state index in [1.54, 1.807) is 21.0 Å². The molecule has 26 heavy (non-hydrogen) atoms. The highest BCUT2D eigenvalue weighted by atomic mass is 16.6. The molecule has 7 heteroatoms. The first kappa shape index (κ1) is 24.1. The van der Waals surface area contributed by atoms with Crippen LogP contribution in [-0.2, 0) is 33.3 Å². The molecule has 0 amide bonds. The van der Waals surface area contributed by atoms with Crippen LogP contribution in [0.3, 0.4) is 0 Å². The Balaban J connectivity index is 4.13. The highest BCUT2D eigenvalue weighted by Gasteiger charge is 2.17. The Hall–Kier alpha value is -1.89. The standard InChI is InChI=1S/C19H32O7/c1-5-17(20)26-16(10-11-19(22)25-15(2)3)12-14-24-18(21)9-7-6-8-13-23-4/h5,15-16H,1,6-14H2,2-4H3. The summed E-state index contributed by atoms with van der Waals surface area (Å²) in [6.45, 7) is 7.70. The zero-order valence-electron chi connectivity index (χ0n) is 16.2. The molecule has 150 valence electrons. The van der Waals surface area contributed by atoms with Crippen LogP contribution in [0.1, 0.15) is 58.8 Å². The van der Waals surface area contributed by atoms with Crippen molar-refractivity contribution in [2.24, 2.45) is 0 Å². The molecule has 0 saturated heterocycles.